The van der Waals surface area contributed by atoms with Crippen LogP contribution in [-0.2, 0) is 6.54 Å². The van der Waals surface area contributed by atoms with E-state index in [1.54, 1.807) is 0 Å². The van der Waals surface area contributed by atoms with E-state index in [0.717, 1.165) is 28.8 Å². The molecular weight excluding hydrogens is 305 g/mol. The first-order valence-electron chi connectivity index (χ1n) is 6.85. The number of halogens is 2. The molecule has 1 aromatic heterocycles. The Labute approximate surface area is 133 Å². The number of nitrogens with zero attached hydrogens (tertiary/aromatic N) is 1. The van der Waals surface area contributed by atoms with E-state index in [4.69, 9.17) is 27.9 Å². The molecule has 0 bridgehead atoms. The standard InChI is InChI=1S/C17H15Cl2NO/c18-14-2-5-16(6-3-14)21-11-1-9-20-10-8-13-12-15(19)4-7-17(13)20/h2-8,10,12H,1,9,11H2. The van der Waals surface area contributed by atoms with Crippen molar-refractivity contribution < 1.29 is 4.74 Å². The highest BCUT2D eigenvalue weighted by atomic mass is 35.5. The molecule has 0 N–H and O–H groups in total. The largest absolute Gasteiger partial charge is 0.494 e. The minimum absolute atomic E-state index is 0.675. The van der Waals surface area contributed by atoms with E-state index in [1.807, 2.05) is 36.4 Å². The number of aryl methyl sites for hydroxylation is 1. The minimum Gasteiger partial charge on any atom is -0.494 e. The molecular formula is C17H15Cl2NO. The van der Waals surface area contributed by atoms with Gasteiger partial charge in [0.1, 0.15) is 5.75 Å². The molecule has 2 nitrogen and oxygen atoms in total. The summed E-state index contributed by atoms with van der Waals surface area (Å²) < 4.78 is 7.92. The maximum atomic E-state index is 5.99. The van der Waals surface area contributed by atoms with Crippen LogP contribution >= 0.6 is 23.2 Å². The zero-order valence-electron chi connectivity index (χ0n) is 11.4. The van der Waals surface area contributed by atoms with Gasteiger partial charge in [0.05, 0.1) is 6.61 Å². The molecule has 2 aromatic carbocycles. The molecule has 0 saturated carbocycles. The van der Waals surface area contributed by atoms with Crippen molar-refractivity contribution in [2.45, 2.75) is 13.0 Å². The summed E-state index contributed by atoms with van der Waals surface area (Å²) in [5, 5.41) is 2.66. The van der Waals surface area contributed by atoms with Gasteiger partial charge in [0.2, 0.25) is 0 Å². The number of ether oxygens (including phenoxy) is 1. The van der Waals surface area contributed by atoms with Crippen LogP contribution in [0.15, 0.2) is 54.7 Å². The Morgan fingerprint density at radius 3 is 2.48 bits per heavy atom. The third-order valence-corrected chi connectivity index (χ3v) is 3.85. The van der Waals surface area contributed by atoms with E-state index in [0.29, 0.717) is 6.61 Å². The van der Waals surface area contributed by atoms with Crippen LogP contribution in [-0.4, -0.2) is 11.2 Å². The summed E-state index contributed by atoms with van der Waals surface area (Å²) in [6.45, 7) is 1.59. The lowest BCUT2D eigenvalue weighted by molar-refractivity contribution is 0.302. The summed E-state index contributed by atoms with van der Waals surface area (Å²) in [5.41, 5.74) is 1.20. The maximum Gasteiger partial charge on any atom is 0.119 e. The van der Waals surface area contributed by atoms with Gasteiger partial charge < -0.3 is 9.30 Å². The Morgan fingerprint density at radius 1 is 0.905 bits per heavy atom. The number of benzene rings is 2. The van der Waals surface area contributed by atoms with Crippen LogP contribution in [0.5, 0.6) is 5.75 Å². The lowest BCUT2D eigenvalue weighted by Crippen LogP contribution is -2.03. The molecule has 3 rings (SSSR count). The van der Waals surface area contributed by atoms with Crippen molar-refractivity contribution in [3.05, 3.63) is 64.8 Å². The first-order valence-corrected chi connectivity index (χ1v) is 7.61. The molecule has 21 heavy (non-hydrogen) atoms. The third kappa shape index (κ3) is 3.52. The van der Waals surface area contributed by atoms with Crippen molar-refractivity contribution in [1.29, 1.82) is 0 Å². The average Bonchev–Trinajstić information content (AvgIpc) is 2.87. The molecule has 0 aliphatic carbocycles. The topological polar surface area (TPSA) is 14.2 Å². The van der Waals surface area contributed by atoms with E-state index >= 15 is 0 Å². The molecule has 1 heterocycles. The second-order valence-corrected chi connectivity index (χ2v) is 5.74. The van der Waals surface area contributed by atoms with E-state index < -0.39 is 0 Å². The lowest BCUT2D eigenvalue weighted by atomic mass is 10.2. The molecule has 0 spiro atoms. The Bertz CT molecular complexity index is 734. The molecule has 0 saturated heterocycles. The van der Waals surface area contributed by atoms with Crippen LogP contribution in [0.1, 0.15) is 6.42 Å². The first kappa shape index (κ1) is 14.3. The quantitative estimate of drug-likeness (QED) is 0.573. The van der Waals surface area contributed by atoms with Gasteiger partial charge in [-0.15, -0.1) is 0 Å². The van der Waals surface area contributed by atoms with Crippen LogP contribution in [0.25, 0.3) is 10.9 Å². The van der Waals surface area contributed by atoms with E-state index in [1.165, 1.54) is 10.9 Å². The zero-order valence-corrected chi connectivity index (χ0v) is 12.9. The number of hydrogen-bond donors (Lipinski definition) is 0. The van der Waals surface area contributed by atoms with Crippen LogP contribution in [0.2, 0.25) is 10.0 Å². The molecule has 0 radical (unpaired) electrons. The van der Waals surface area contributed by atoms with Gasteiger partial charge in [0.15, 0.2) is 0 Å². The van der Waals surface area contributed by atoms with Gasteiger partial charge in [-0.1, -0.05) is 23.2 Å². The number of rotatable bonds is 5. The second kappa shape index (κ2) is 6.42. The Balaban J connectivity index is 1.56. The highest BCUT2D eigenvalue weighted by Crippen LogP contribution is 2.21. The van der Waals surface area contributed by atoms with Crippen molar-refractivity contribution in [1.82, 2.24) is 4.57 Å². The predicted molar refractivity (Wildman–Crippen MR) is 88.5 cm³/mol. The third-order valence-electron chi connectivity index (χ3n) is 3.36. The van der Waals surface area contributed by atoms with Gasteiger partial charge in [-0.3, -0.25) is 0 Å². The molecule has 3 aromatic rings. The van der Waals surface area contributed by atoms with Crippen molar-refractivity contribution in [2.75, 3.05) is 6.61 Å². The van der Waals surface area contributed by atoms with Crippen LogP contribution < -0.4 is 4.74 Å². The van der Waals surface area contributed by atoms with Crippen LogP contribution in [0.4, 0.5) is 0 Å². The summed E-state index contributed by atoms with van der Waals surface area (Å²) in [7, 11) is 0. The first-order chi connectivity index (χ1) is 10.2. The molecule has 0 amide bonds. The summed E-state index contributed by atoms with van der Waals surface area (Å²) >= 11 is 11.8. The molecule has 0 fully saturated rings. The van der Waals surface area contributed by atoms with E-state index in [9.17, 15) is 0 Å². The molecule has 108 valence electrons. The van der Waals surface area contributed by atoms with Crippen molar-refractivity contribution in [3.8, 4) is 5.75 Å². The number of fused-ring (bicyclic) bond motifs is 1. The number of aromatic nitrogens is 1. The summed E-state index contributed by atoms with van der Waals surface area (Å²) in [6.07, 6.45) is 3.03. The van der Waals surface area contributed by atoms with E-state index in [2.05, 4.69) is 22.9 Å². The van der Waals surface area contributed by atoms with Crippen LogP contribution in [0, 0.1) is 0 Å². The van der Waals surface area contributed by atoms with Gasteiger partial charge in [-0.05, 0) is 55.0 Å². The minimum atomic E-state index is 0.675. The van der Waals surface area contributed by atoms with Gasteiger partial charge in [0, 0.05) is 33.7 Å². The van der Waals surface area contributed by atoms with Gasteiger partial charge in [0.25, 0.3) is 0 Å². The average molecular weight is 320 g/mol. The highest BCUT2D eigenvalue weighted by molar-refractivity contribution is 6.31. The molecule has 0 aliphatic heterocycles. The zero-order chi connectivity index (χ0) is 14.7. The smallest absolute Gasteiger partial charge is 0.119 e. The van der Waals surface area contributed by atoms with Gasteiger partial charge in [-0.2, -0.15) is 0 Å². The van der Waals surface area contributed by atoms with Crippen molar-refractivity contribution in [2.24, 2.45) is 0 Å². The van der Waals surface area contributed by atoms with Crippen LogP contribution in [0.3, 0.4) is 0 Å². The summed E-state index contributed by atoms with van der Waals surface area (Å²) in [6, 6.07) is 15.5. The number of hydrogen-bond acceptors (Lipinski definition) is 1. The lowest BCUT2D eigenvalue weighted by Gasteiger charge is -2.08. The van der Waals surface area contributed by atoms with Crippen molar-refractivity contribution >= 4 is 34.1 Å². The Morgan fingerprint density at radius 2 is 1.67 bits per heavy atom. The summed E-state index contributed by atoms with van der Waals surface area (Å²) in [5.74, 6) is 0.851. The van der Waals surface area contributed by atoms with Gasteiger partial charge in [-0.25, -0.2) is 0 Å². The molecule has 0 aliphatic rings. The molecule has 0 atom stereocenters. The maximum absolute atomic E-state index is 5.99. The Hall–Kier alpha value is -1.64. The molecule has 4 heteroatoms. The normalized spacial score (nSPS) is 11.0. The molecule has 0 unspecified atom stereocenters. The second-order valence-electron chi connectivity index (χ2n) is 4.87. The SMILES string of the molecule is Clc1ccc(OCCCn2ccc3cc(Cl)ccc32)cc1. The van der Waals surface area contributed by atoms with E-state index in [-0.39, 0.29) is 0 Å². The van der Waals surface area contributed by atoms with Gasteiger partial charge >= 0.3 is 0 Å². The fourth-order valence-electron chi connectivity index (χ4n) is 2.32. The van der Waals surface area contributed by atoms with Crippen molar-refractivity contribution in [3.63, 3.8) is 0 Å². The Kier molecular flexibility index (Phi) is 4.37. The summed E-state index contributed by atoms with van der Waals surface area (Å²) in [4.78, 5) is 0. The monoisotopic (exact) mass is 319 g/mol. The fraction of sp³-hybridized carbons (Fsp3) is 0.176. The highest BCUT2D eigenvalue weighted by Gasteiger charge is 2.01. The fourth-order valence-corrected chi connectivity index (χ4v) is 2.63. The predicted octanol–water partition coefficient (Wildman–Crippen LogP) is 5.42.